The second-order valence-corrected chi connectivity index (χ2v) is 7.59. The molecule has 0 radical (unpaired) electrons. The molecule has 0 spiro atoms. The highest BCUT2D eigenvalue weighted by atomic mass is 16.5. The van der Waals surface area contributed by atoms with Crippen LogP contribution in [0.25, 0.3) is 10.8 Å². The molecular weight excluding hydrogens is 388 g/mol. The number of fused-ring (bicyclic) bond motifs is 1. The summed E-state index contributed by atoms with van der Waals surface area (Å²) < 4.78 is 5.91. The SMILES string of the molecule is CCCCNC(=O)[C@@H](C)N(Cc1ccccc1)C(=O)COc1cccc2ccccc12. The van der Waals surface area contributed by atoms with E-state index < -0.39 is 6.04 Å². The fourth-order valence-corrected chi connectivity index (χ4v) is 3.44. The summed E-state index contributed by atoms with van der Waals surface area (Å²) in [4.78, 5) is 27.4. The average molecular weight is 419 g/mol. The topological polar surface area (TPSA) is 58.6 Å². The number of benzene rings is 3. The number of hydrogen-bond acceptors (Lipinski definition) is 3. The van der Waals surface area contributed by atoms with Crippen LogP contribution in [-0.4, -0.2) is 35.9 Å². The minimum Gasteiger partial charge on any atom is -0.483 e. The van der Waals surface area contributed by atoms with Crippen molar-refractivity contribution in [2.45, 2.75) is 39.3 Å². The molecule has 0 saturated carbocycles. The number of amides is 2. The van der Waals surface area contributed by atoms with Gasteiger partial charge in [-0.15, -0.1) is 0 Å². The summed E-state index contributed by atoms with van der Waals surface area (Å²) in [6.07, 6.45) is 1.91. The van der Waals surface area contributed by atoms with Gasteiger partial charge in [0.05, 0.1) is 0 Å². The van der Waals surface area contributed by atoms with E-state index in [1.165, 1.54) is 0 Å². The minimum atomic E-state index is -0.597. The zero-order valence-corrected chi connectivity index (χ0v) is 18.2. The Morgan fingerprint density at radius 2 is 1.68 bits per heavy atom. The fraction of sp³-hybridized carbons (Fsp3) is 0.308. The fourth-order valence-electron chi connectivity index (χ4n) is 3.44. The van der Waals surface area contributed by atoms with E-state index in [1.54, 1.807) is 11.8 Å². The Labute approximate surface area is 184 Å². The summed E-state index contributed by atoms with van der Waals surface area (Å²) in [7, 11) is 0. The summed E-state index contributed by atoms with van der Waals surface area (Å²) in [5.74, 6) is 0.281. The quantitative estimate of drug-likeness (QED) is 0.491. The van der Waals surface area contributed by atoms with Gasteiger partial charge >= 0.3 is 0 Å². The lowest BCUT2D eigenvalue weighted by Crippen LogP contribution is -2.49. The number of ether oxygens (including phenoxy) is 1. The third-order valence-corrected chi connectivity index (χ3v) is 5.29. The monoisotopic (exact) mass is 418 g/mol. The number of rotatable bonds is 10. The van der Waals surface area contributed by atoms with Crippen LogP contribution in [0.5, 0.6) is 5.75 Å². The standard InChI is InChI=1S/C26H30N2O3/c1-3-4-17-27-26(30)20(2)28(18-21-11-6-5-7-12-21)25(29)19-31-24-16-10-14-22-13-8-9-15-23(22)24/h5-16,20H,3-4,17-19H2,1-2H3,(H,27,30)/t20-/m1/s1. The Hall–Kier alpha value is -3.34. The first kappa shape index (κ1) is 22.3. The molecule has 3 rings (SSSR count). The van der Waals surface area contributed by atoms with Crippen LogP contribution in [0.4, 0.5) is 0 Å². The number of nitrogens with one attached hydrogen (secondary N) is 1. The van der Waals surface area contributed by atoms with E-state index in [2.05, 4.69) is 12.2 Å². The van der Waals surface area contributed by atoms with Gasteiger partial charge in [0, 0.05) is 18.5 Å². The Morgan fingerprint density at radius 1 is 0.968 bits per heavy atom. The summed E-state index contributed by atoms with van der Waals surface area (Å²) in [5, 5.41) is 4.94. The lowest BCUT2D eigenvalue weighted by molar-refractivity contribution is -0.142. The maximum Gasteiger partial charge on any atom is 0.261 e. The molecule has 162 valence electrons. The van der Waals surface area contributed by atoms with Gasteiger partial charge < -0.3 is 15.0 Å². The second-order valence-electron chi connectivity index (χ2n) is 7.59. The van der Waals surface area contributed by atoms with Crippen LogP contribution >= 0.6 is 0 Å². The van der Waals surface area contributed by atoms with Crippen molar-refractivity contribution in [1.82, 2.24) is 10.2 Å². The van der Waals surface area contributed by atoms with E-state index in [0.29, 0.717) is 18.8 Å². The summed E-state index contributed by atoms with van der Waals surface area (Å²) in [6, 6.07) is 22.8. The average Bonchev–Trinajstić information content (AvgIpc) is 2.81. The van der Waals surface area contributed by atoms with Gasteiger partial charge in [-0.3, -0.25) is 9.59 Å². The first-order valence-corrected chi connectivity index (χ1v) is 10.8. The zero-order valence-electron chi connectivity index (χ0n) is 18.2. The Morgan fingerprint density at radius 3 is 2.45 bits per heavy atom. The molecule has 0 unspecified atom stereocenters. The third kappa shape index (κ3) is 6.07. The molecule has 0 heterocycles. The molecule has 1 atom stereocenters. The van der Waals surface area contributed by atoms with Crippen LogP contribution in [0.3, 0.4) is 0 Å². The highest BCUT2D eigenvalue weighted by Gasteiger charge is 2.26. The molecular formula is C26H30N2O3. The third-order valence-electron chi connectivity index (χ3n) is 5.29. The van der Waals surface area contributed by atoms with E-state index in [0.717, 1.165) is 29.2 Å². The van der Waals surface area contributed by atoms with E-state index in [-0.39, 0.29) is 18.4 Å². The van der Waals surface area contributed by atoms with E-state index in [4.69, 9.17) is 4.74 Å². The van der Waals surface area contributed by atoms with Crippen LogP contribution in [-0.2, 0) is 16.1 Å². The molecule has 3 aromatic carbocycles. The van der Waals surface area contributed by atoms with Gasteiger partial charge in [-0.1, -0.05) is 80.1 Å². The van der Waals surface area contributed by atoms with Crippen LogP contribution in [0.2, 0.25) is 0 Å². The molecule has 3 aromatic rings. The summed E-state index contributed by atoms with van der Waals surface area (Å²) >= 11 is 0. The number of carbonyl (C=O) groups excluding carboxylic acids is 2. The number of carbonyl (C=O) groups is 2. The van der Waals surface area contributed by atoms with Crippen molar-refractivity contribution in [2.75, 3.05) is 13.2 Å². The Kier molecular flexibility index (Phi) is 8.05. The Balaban J connectivity index is 1.74. The molecule has 5 heteroatoms. The normalized spacial score (nSPS) is 11.7. The van der Waals surface area contributed by atoms with E-state index in [9.17, 15) is 9.59 Å². The van der Waals surface area contributed by atoms with Crippen molar-refractivity contribution in [1.29, 1.82) is 0 Å². The molecule has 5 nitrogen and oxygen atoms in total. The molecule has 31 heavy (non-hydrogen) atoms. The largest absolute Gasteiger partial charge is 0.483 e. The van der Waals surface area contributed by atoms with Gasteiger partial charge in [0.1, 0.15) is 11.8 Å². The van der Waals surface area contributed by atoms with Crippen LogP contribution < -0.4 is 10.1 Å². The Bertz CT molecular complexity index is 998. The molecule has 0 fully saturated rings. The van der Waals surface area contributed by atoms with Crippen molar-refractivity contribution >= 4 is 22.6 Å². The van der Waals surface area contributed by atoms with E-state index >= 15 is 0 Å². The summed E-state index contributed by atoms with van der Waals surface area (Å²) in [5.41, 5.74) is 0.967. The molecule has 0 aromatic heterocycles. The van der Waals surface area contributed by atoms with Crippen molar-refractivity contribution in [3.63, 3.8) is 0 Å². The molecule has 0 bridgehead atoms. The molecule has 0 aliphatic heterocycles. The first-order chi connectivity index (χ1) is 15.1. The van der Waals surface area contributed by atoms with Gasteiger partial charge in [-0.2, -0.15) is 0 Å². The predicted molar refractivity (Wildman–Crippen MR) is 124 cm³/mol. The second kappa shape index (κ2) is 11.2. The smallest absolute Gasteiger partial charge is 0.261 e. The highest BCUT2D eigenvalue weighted by Crippen LogP contribution is 2.25. The van der Waals surface area contributed by atoms with Gasteiger partial charge in [0.15, 0.2) is 6.61 Å². The lowest BCUT2D eigenvalue weighted by atomic mass is 10.1. The first-order valence-electron chi connectivity index (χ1n) is 10.8. The molecule has 2 amide bonds. The van der Waals surface area contributed by atoms with Gasteiger partial charge in [0.25, 0.3) is 5.91 Å². The zero-order chi connectivity index (χ0) is 22.1. The van der Waals surface area contributed by atoms with Crippen molar-refractivity contribution in [3.05, 3.63) is 78.4 Å². The van der Waals surface area contributed by atoms with Crippen LogP contribution in [0.15, 0.2) is 72.8 Å². The maximum atomic E-state index is 13.2. The highest BCUT2D eigenvalue weighted by molar-refractivity contribution is 5.90. The summed E-state index contributed by atoms with van der Waals surface area (Å²) in [6.45, 7) is 4.67. The van der Waals surface area contributed by atoms with Crippen LogP contribution in [0, 0.1) is 0 Å². The van der Waals surface area contributed by atoms with Crippen molar-refractivity contribution in [2.24, 2.45) is 0 Å². The van der Waals surface area contributed by atoms with Crippen molar-refractivity contribution in [3.8, 4) is 5.75 Å². The molecule has 0 saturated heterocycles. The predicted octanol–water partition coefficient (Wildman–Crippen LogP) is 4.55. The maximum absolute atomic E-state index is 13.2. The van der Waals surface area contributed by atoms with Crippen LogP contribution in [0.1, 0.15) is 32.3 Å². The lowest BCUT2D eigenvalue weighted by Gasteiger charge is -2.29. The van der Waals surface area contributed by atoms with E-state index in [1.807, 2.05) is 72.8 Å². The minimum absolute atomic E-state index is 0.132. The number of nitrogens with zero attached hydrogens (tertiary/aromatic N) is 1. The van der Waals surface area contributed by atoms with Gasteiger partial charge in [0.2, 0.25) is 5.91 Å². The molecule has 0 aliphatic carbocycles. The molecule has 1 N–H and O–H groups in total. The van der Waals surface area contributed by atoms with Gasteiger partial charge in [-0.05, 0) is 30.4 Å². The number of hydrogen-bond donors (Lipinski definition) is 1. The van der Waals surface area contributed by atoms with Gasteiger partial charge in [-0.25, -0.2) is 0 Å². The molecule has 0 aliphatic rings. The number of unbranched alkanes of at least 4 members (excludes halogenated alkanes) is 1. The van der Waals surface area contributed by atoms with Crippen molar-refractivity contribution < 1.29 is 14.3 Å².